The minimum atomic E-state index is 0.145. The van der Waals surface area contributed by atoms with E-state index in [9.17, 15) is 5.11 Å². The molecular weight excluding hydrogens is 278 g/mol. The molecule has 0 heterocycles. The van der Waals surface area contributed by atoms with Crippen molar-refractivity contribution in [1.82, 2.24) is 5.32 Å². The number of benzene rings is 1. The van der Waals surface area contributed by atoms with Gasteiger partial charge in [-0.05, 0) is 30.5 Å². The van der Waals surface area contributed by atoms with E-state index in [0.717, 1.165) is 30.4 Å². The molecule has 0 amide bonds. The van der Waals surface area contributed by atoms with Crippen LogP contribution in [0, 0.1) is 5.41 Å². The van der Waals surface area contributed by atoms with Crippen molar-refractivity contribution in [2.75, 3.05) is 13.2 Å². The summed E-state index contributed by atoms with van der Waals surface area (Å²) in [5, 5.41) is 13.0. The number of hydrogen-bond acceptors (Lipinski definition) is 2. The SMILES string of the molecule is OCC1(CNCc2cccc(Br)c2)CCCC1. The lowest BCUT2D eigenvalue weighted by Crippen LogP contribution is -2.34. The summed E-state index contributed by atoms with van der Waals surface area (Å²) >= 11 is 3.48. The van der Waals surface area contributed by atoms with Gasteiger partial charge < -0.3 is 10.4 Å². The molecule has 0 radical (unpaired) electrons. The first kappa shape index (κ1) is 13.1. The minimum Gasteiger partial charge on any atom is -0.396 e. The molecule has 94 valence electrons. The fourth-order valence-electron chi connectivity index (χ4n) is 2.63. The van der Waals surface area contributed by atoms with Crippen LogP contribution in [-0.2, 0) is 6.54 Å². The lowest BCUT2D eigenvalue weighted by Gasteiger charge is -2.26. The molecule has 0 unspecified atom stereocenters. The van der Waals surface area contributed by atoms with E-state index in [4.69, 9.17) is 0 Å². The molecular formula is C14H20BrNO. The third-order valence-electron chi connectivity index (χ3n) is 3.72. The monoisotopic (exact) mass is 297 g/mol. The van der Waals surface area contributed by atoms with E-state index in [1.54, 1.807) is 0 Å². The second-order valence-corrected chi connectivity index (χ2v) is 6.01. The average molecular weight is 298 g/mol. The summed E-state index contributed by atoms with van der Waals surface area (Å²) in [6.07, 6.45) is 4.85. The summed E-state index contributed by atoms with van der Waals surface area (Å²) in [6, 6.07) is 8.35. The highest BCUT2D eigenvalue weighted by Gasteiger charge is 2.32. The third-order valence-corrected chi connectivity index (χ3v) is 4.21. The Hall–Kier alpha value is -0.380. The Balaban J connectivity index is 1.82. The molecule has 2 nitrogen and oxygen atoms in total. The standard InChI is InChI=1S/C14H20BrNO/c15-13-5-3-4-12(8-13)9-16-10-14(11-17)6-1-2-7-14/h3-5,8,16-17H,1-2,6-7,9-11H2. The van der Waals surface area contributed by atoms with Crippen molar-refractivity contribution in [2.45, 2.75) is 32.2 Å². The first-order chi connectivity index (χ1) is 8.24. The normalized spacial score (nSPS) is 18.5. The van der Waals surface area contributed by atoms with Gasteiger partial charge in [0.15, 0.2) is 0 Å². The van der Waals surface area contributed by atoms with Crippen LogP contribution in [0.1, 0.15) is 31.2 Å². The number of aliphatic hydroxyl groups is 1. The van der Waals surface area contributed by atoms with Gasteiger partial charge in [0.25, 0.3) is 0 Å². The van der Waals surface area contributed by atoms with Crippen LogP contribution in [-0.4, -0.2) is 18.3 Å². The molecule has 0 aromatic heterocycles. The predicted octanol–water partition coefficient (Wildman–Crippen LogP) is 3.09. The van der Waals surface area contributed by atoms with E-state index in [-0.39, 0.29) is 5.41 Å². The van der Waals surface area contributed by atoms with E-state index in [0.29, 0.717) is 6.61 Å². The van der Waals surface area contributed by atoms with Crippen molar-refractivity contribution in [2.24, 2.45) is 5.41 Å². The van der Waals surface area contributed by atoms with E-state index in [2.05, 4.69) is 39.4 Å². The zero-order chi connectivity index (χ0) is 12.1. The zero-order valence-corrected chi connectivity index (χ0v) is 11.7. The maximum Gasteiger partial charge on any atom is 0.0499 e. The van der Waals surface area contributed by atoms with Crippen LogP contribution in [0.3, 0.4) is 0 Å². The number of hydrogen-bond donors (Lipinski definition) is 2. The van der Waals surface area contributed by atoms with Gasteiger partial charge in [0.1, 0.15) is 0 Å². The van der Waals surface area contributed by atoms with Gasteiger partial charge in [0.2, 0.25) is 0 Å². The van der Waals surface area contributed by atoms with E-state index in [1.165, 1.54) is 18.4 Å². The molecule has 2 N–H and O–H groups in total. The average Bonchev–Trinajstić information content (AvgIpc) is 2.79. The predicted molar refractivity (Wildman–Crippen MR) is 73.8 cm³/mol. The van der Waals surface area contributed by atoms with Crippen molar-refractivity contribution >= 4 is 15.9 Å². The van der Waals surface area contributed by atoms with Gasteiger partial charge in [-0.2, -0.15) is 0 Å². The van der Waals surface area contributed by atoms with Crippen LogP contribution in [0.15, 0.2) is 28.7 Å². The van der Waals surface area contributed by atoms with Crippen molar-refractivity contribution in [3.8, 4) is 0 Å². The fraction of sp³-hybridized carbons (Fsp3) is 0.571. The fourth-order valence-corrected chi connectivity index (χ4v) is 3.08. The summed E-state index contributed by atoms with van der Waals surface area (Å²) < 4.78 is 1.12. The summed E-state index contributed by atoms with van der Waals surface area (Å²) in [5.41, 5.74) is 1.43. The molecule has 17 heavy (non-hydrogen) atoms. The molecule has 0 saturated heterocycles. The molecule has 3 heteroatoms. The molecule has 1 aromatic rings. The van der Waals surface area contributed by atoms with Gasteiger partial charge in [-0.15, -0.1) is 0 Å². The third kappa shape index (κ3) is 3.54. The van der Waals surface area contributed by atoms with Crippen LogP contribution < -0.4 is 5.32 Å². The highest BCUT2D eigenvalue weighted by molar-refractivity contribution is 9.10. The Kier molecular flexibility index (Phi) is 4.60. The van der Waals surface area contributed by atoms with Crippen LogP contribution in [0.4, 0.5) is 0 Å². The number of halogens is 1. The van der Waals surface area contributed by atoms with Gasteiger partial charge in [-0.25, -0.2) is 0 Å². The second kappa shape index (κ2) is 5.98. The number of nitrogens with one attached hydrogen (secondary N) is 1. The highest BCUT2D eigenvalue weighted by Crippen LogP contribution is 2.36. The topological polar surface area (TPSA) is 32.3 Å². The van der Waals surface area contributed by atoms with Gasteiger partial charge in [-0.1, -0.05) is 40.9 Å². The Labute approximate surface area is 112 Å². The molecule has 1 aliphatic carbocycles. The molecule has 1 fully saturated rings. The maximum atomic E-state index is 9.51. The lowest BCUT2D eigenvalue weighted by atomic mass is 9.87. The van der Waals surface area contributed by atoms with Gasteiger partial charge in [0.05, 0.1) is 0 Å². The second-order valence-electron chi connectivity index (χ2n) is 5.10. The smallest absolute Gasteiger partial charge is 0.0499 e. The zero-order valence-electron chi connectivity index (χ0n) is 10.1. The van der Waals surface area contributed by atoms with E-state index >= 15 is 0 Å². The van der Waals surface area contributed by atoms with Crippen LogP contribution in [0.25, 0.3) is 0 Å². The van der Waals surface area contributed by atoms with Crippen molar-refractivity contribution < 1.29 is 5.11 Å². The minimum absolute atomic E-state index is 0.145. The summed E-state index contributed by atoms with van der Waals surface area (Å²) in [5.74, 6) is 0. The molecule has 0 atom stereocenters. The Morgan fingerprint density at radius 3 is 2.71 bits per heavy atom. The molecule has 2 rings (SSSR count). The largest absolute Gasteiger partial charge is 0.396 e. The van der Waals surface area contributed by atoms with Crippen LogP contribution in [0.2, 0.25) is 0 Å². The van der Waals surface area contributed by atoms with E-state index < -0.39 is 0 Å². The number of aliphatic hydroxyl groups excluding tert-OH is 1. The number of rotatable bonds is 5. The van der Waals surface area contributed by atoms with Crippen LogP contribution >= 0.6 is 15.9 Å². The highest BCUT2D eigenvalue weighted by atomic mass is 79.9. The summed E-state index contributed by atoms with van der Waals surface area (Å²) in [4.78, 5) is 0. The molecule has 1 aromatic carbocycles. The van der Waals surface area contributed by atoms with Gasteiger partial charge in [-0.3, -0.25) is 0 Å². The molecule has 0 spiro atoms. The quantitative estimate of drug-likeness (QED) is 0.875. The first-order valence-electron chi connectivity index (χ1n) is 6.30. The van der Waals surface area contributed by atoms with Crippen molar-refractivity contribution in [3.05, 3.63) is 34.3 Å². The van der Waals surface area contributed by atoms with Gasteiger partial charge in [0, 0.05) is 29.6 Å². The first-order valence-corrected chi connectivity index (χ1v) is 7.09. The van der Waals surface area contributed by atoms with Crippen molar-refractivity contribution in [1.29, 1.82) is 0 Å². The lowest BCUT2D eigenvalue weighted by molar-refractivity contribution is 0.128. The molecule has 0 aliphatic heterocycles. The molecule has 1 aliphatic rings. The van der Waals surface area contributed by atoms with Gasteiger partial charge >= 0.3 is 0 Å². The Morgan fingerprint density at radius 1 is 1.29 bits per heavy atom. The maximum absolute atomic E-state index is 9.51. The van der Waals surface area contributed by atoms with E-state index in [1.807, 2.05) is 6.07 Å². The summed E-state index contributed by atoms with van der Waals surface area (Å²) in [7, 11) is 0. The Morgan fingerprint density at radius 2 is 2.06 bits per heavy atom. The molecule has 0 bridgehead atoms. The molecule has 1 saturated carbocycles. The summed E-state index contributed by atoms with van der Waals surface area (Å²) in [6.45, 7) is 2.12. The van der Waals surface area contributed by atoms with Crippen molar-refractivity contribution in [3.63, 3.8) is 0 Å². The van der Waals surface area contributed by atoms with Crippen LogP contribution in [0.5, 0.6) is 0 Å². The Bertz CT molecular complexity index is 361.